The van der Waals surface area contributed by atoms with Crippen LogP contribution in [-0.2, 0) is 14.1 Å². The van der Waals surface area contributed by atoms with E-state index in [0.29, 0.717) is 19.4 Å². The highest BCUT2D eigenvalue weighted by molar-refractivity contribution is 7.27. The summed E-state index contributed by atoms with van der Waals surface area (Å²) in [5.41, 5.74) is 0. The number of hydrogen-bond acceptors (Lipinski definition) is 3. The average Bonchev–Trinajstić information content (AvgIpc) is 2.09. The predicted octanol–water partition coefficient (Wildman–Crippen LogP) is 2.40. The molecule has 70 valence electrons. The Kier molecular flexibility index (Phi) is 5.07. The Morgan fingerprint density at radius 2 is 1.83 bits per heavy atom. The zero-order valence-electron chi connectivity index (χ0n) is 7.79. The number of rotatable bonds is 5. The van der Waals surface area contributed by atoms with Gasteiger partial charge in [-0.05, 0) is 19.8 Å². The molecule has 0 aromatic heterocycles. The molecule has 0 aliphatic carbocycles. The first-order valence-electron chi connectivity index (χ1n) is 4.18. The molecular weight excluding hydrogens is 175 g/mol. The lowest BCUT2D eigenvalue weighted by Gasteiger charge is -2.20. The molecule has 0 aromatic carbocycles. The van der Waals surface area contributed by atoms with Gasteiger partial charge in [-0.15, -0.1) is 0 Å². The molecule has 0 atom stereocenters. The van der Waals surface area contributed by atoms with Gasteiger partial charge in [0.05, 0.1) is 6.61 Å². The van der Waals surface area contributed by atoms with Gasteiger partial charge in [-0.1, -0.05) is 13.8 Å². The van der Waals surface area contributed by atoms with Crippen LogP contribution in [0, 0.1) is 0 Å². The molecule has 0 heterocycles. The molecule has 3 nitrogen and oxygen atoms in total. The average molecular weight is 190 g/mol. The van der Waals surface area contributed by atoms with Crippen molar-refractivity contribution in [2.24, 2.45) is 0 Å². The molecule has 12 heavy (non-hydrogen) atoms. The first kappa shape index (κ1) is 11.6. The molecule has 4 heteroatoms. The van der Waals surface area contributed by atoms with Gasteiger partial charge >= 0.3 is 5.97 Å². The van der Waals surface area contributed by atoms with Crippen LogP contribution in [0.2, 0.25) is 0 Å². The molecule has 0 unspecified atom stereocenters. The van der Waals surface area contributed by atoms with Crippen LogP contribution in [0.15, 0.2) is 0 Å². The molecule has 0 saturated carbocycles. The Labute approximate surface area is 74.7 Å². The van der Waals surface area contributed by atoms with E-state index in [-0.39, 0.29) is 14.4 Å². The fourth-order valence-electron chi connectivity index (χ4n) is 0.970. The normalized spacial score (nSPS) is 11.6. The van der Waals surface area contributed by atoms with Crippen LogP contribution in [0.5, 0.6) is 0 Å². The minimum Gasteiger partial charge on any atom is -0.465 e. The third-order valence-corrected chi connectivity index (χ3v) is 3.16. The summed E-state index contributed by atoms with van der Waals surface area (Å²) in [6.45, 7) is 5.77. The zero-order chi connectivity index (χ0) is 9.61. The molecule has 0 spiro atoms. The van der Waals surface area contributed by atoms with Gasteiger partial charge in [-0.2, -0.15) is 0 Å². The van der Waals surface area contributed by atoms with E-state index in [1.807, 2.05) is 13.8 Å². The Bertz CT molecular complexity index is 164. The standard InChI is InChI=1S/C8H15O3P/c1-4-8(5-2,12-10)7(9)11-6-3/h4-6H2,1-3H3. The number of ether oxygens (including phenoxy) is 1. The van der Waals surface area contributed by atoms with Crippen molar-refractivity contribution >= 4 is 14.4 Å². The van der Waals surface area contributed by atoms with E-state index >= 15 is 0 Å². The smallest absolute Gasteiger partial charge is 0.323 e. The fraction of sp³-hybridized carbons (Fsp3) is 0.875. The van der Waals surface area contributed by atoms with Crippen LogP contribution in [0.1, 0.15) is 33.6 Å². The van der Waals surface area contributed by atoms with Gasteiger partial charge < -0.3 is 4.74 Å². The Hall–Kier alpha value is -0.430. The van der Waals surface area contributed by atoms with Gasteiger partial charge in [0.15, 0.2) is 8.46 Å². The summed E-state index contributed by atoms with van der Waals surface area (Å²) >= 11 is 0. The van der Waals surface area contributed by atoms with Crippen molar-refractivity contribution < 1.29 is 14.1 Å². The summed E-state index contributed by atoms with van der Waals surface area (Å²) in [6.07, 6.45) is 1.10. The Morgan fingerprint density at radius 3 is 2.08 bits per heavy atom. The van der Waals surface area contributed by atoms with Crippen molar-refractivity contribution in [1.82, 2.24) is 0 Å². The third-order valence-electron chi connectivity index (χ3n) is 2.00. The van der Waals surface area contributed by atoms with E-state index in [2.05, 4.69) is 0 Å². The number of hydrogen-bond donors (Lipinski definition) is 0. The van der Waals surface area contributed by atoms with Gasteiger partial charge in [0.2, 0.25) is 0 Å². The van der Waals surface area contributed by atoms with Gasteiger partial charge in [0.1, 0.15) is 5.16 Å². The van der Waals surface area contributed by atoms with Crippen LogP contribution in [-0.4, -0.2) is 17.7 Å². The number of carbonyl (C=O) groups excluding carboxylic acids is 1. The van der Waals surface area contributed by atoms with Gasteiger partial charge in [0.25, 0.3) is 0 Å². The number of carbonyl (C=O) groups is 1. The SMILES string of the molecule is CCOC(=O)C(CC)(CC)P=O. The van der Waals surface area contributed by atoms with Crippen LogP contribution < -0.4 is 0 Å². The molecule has 0 aliphatic rings. The maximum Gasteiger partial charge on any atom is 0.323 e. The van der Waals surface area contributed by atoms with E-state index in [4.69, 9.17) is 4.74 Å². The molecule has 0 rings (SSSR count). The molecule has 0 N–H and O–H groups in total. The van der Waals surface area contributed by atoms with E-state index in [9.17, 15) is 9.36 Å². The second-order valence-electron chi connectivity index (χ2n) is 2.55. The summed E-state index contributed by atoms with van der Waals surface area (Å²) < 4.78 is 15.6. The summed E-state index contributed by atoms with van der Waals surface area (Å²) in [5.74, 6) is -0.355. The molecule has 0 saturated heterocycles. The second-order valence-corrected chi connectivity index (χ2v) is 3.59. The minimum absolute atomic E-state index is 0.137. The lowest BCUT2D eigenvalue weighted by atomic mass is 10.0. The van der Waals surface area contributed by atoms with Crippen LogP contribution in [0.25, 0.3) is 0 Å². The van der Waals surface area contributed by atoms with E-state index in [1.54, 1.807) is 6.92 Å². The fourth-order valence-corrected chi connectivity index (χ4v) is 1.37. The highest BCUT2D eigenvalue weighted by Gasteiger charge is 2.37. The van der Waals surface area contributed by atoms with Crippen molar-refractivity contribution in [2.45, 2.75) is 38.8 Å². The van der Waals surface area contributed by atoms with E-state index in [0.717, 1.165) is 0 Å². The van der Waals surface area contributed by atoms with Crippen molar-refractivity contribution in [3.8, 4) is 0 Å². The molecule has 0 radical (unpaired) electrons. The first-order valence-corrected chi connectivity index (χ1v) is 4.99. The first-order chi connectivity index (χ1) is 5.66. The van der Waals surface area contributed by atoms with E-state index < -0.39 is 5.16 Å². The lowest BCUT2D eigenvalue weighted by Crippen LogP contribution is -2.33. The molecule has 0 amide bonds. The lowest BCUT2D eigenvalue weighted by molar-refractivity contribution is -0.146. The maximum absolute atomic E-state index is 11.3. The molecule has 0 aromatic rings. The molecular formula is C8H15O3P. The van der Waals surface area contributed by atoms with Crippen LogP contribution >= 0.6 is 8.46 Å². The second kappa shape index (κ2) is 5.26. The molecule has 0 bridgehead atoms. The summed E-state index contributed by atoms with van der Waals surface area (Å²) in [7, 11) is -0.137. The summed E-state index contributed by atoms with van der Waals surface area (Å²) in [4.78, 5) is 11.3. The minimum atomic E-state index is -0.810. The van der Waals surface area contributed by atoms with Crippen molar-refractivity contribution in [1.29, 1.82) is 0 Å². The van der Waals surface area contributed by atoms with Crippen molar-refractivity contribution in [3.05, 3.63) is 0 Å². The Morgan fingerprint density at radius 1 is 1.33 bits per heavy atom. The molecule has 0 aliphatic heterocycles. The van der Waals surface area contributed by atoms with E-state index in [1.165, 1.54) is 0 Å². The van der Waals surface area contributed by atoms with Crippen molar-refractivity contribution in [2.75, 3.05) is 6.61 Å². The highest BCUT2D eigenvalue weighted by atomic mass is 31.1. The zero-order valence-corrected chi connectivity index (χ0v) is 8.69. The summed E-state index contributed by atoms with van der Waals surface area (Å²) in [6, 6.07) is 0. The molecule has 0 fully saturated rings. The van der Waals surface area contributed by atoms with Gasteiger partial charge in [-0.3, -0.25) is 9.36 Å². The maximum atomic E-state index is 11.3. The monoisotopic (exact) mass is 190 g/mol. The topological polar surface area (TPSA) is 43.4 Å². The number of esters is 1. The summed E-state index contributed by atoms with van der Waals surface area (Å²) in [5, 5.41) is -0.810. The third kappa shape index (κ3) is 2.28. The highest BCUT2D eigenvalue weighted by Crippen LogP contribution is 2.32. The van der Waals surface area contributed by atoms with Crippen molar-refractivity contribution in [3.63, 3.8) is 0 Å². The van der Waals surface area contributed by atoms with Crippen LogP contribution in [0.3, 0.4) is 0 Å². The quantitative estimate of drug-likeness (QED) is 0.493. The van der Waals surface area contributed by atoms with Gasteiger partial charge in [-0.25, -0.2) is 0 Å². The largest absolute Gasteiger partial charge is 0.465 e. The predicted molar refractivity (Wildman–Crippen MR) is 47.6 cm³/mol. The Balaban J connectivity index is 4.47. The van der Waals surface area contributed by atoms with Gasteiger partial charge in [0, 0.05) is 0 Å². The van der Waals surface area contributed by atoms with Crippen LogP contribution in [0.4, 0.5) is 0 Å².